The van der Waals surface area contributed by atoms with Crippen molar-refractivity contribution in [2.45, 2.75) is 20.0 Å². The van der Waals surface area contributed by atoms with Gasteiger partial charge in [-0.3, -0.25) is 4.99 Å². The number of nitrogens with zero attached hydrogens (tertiary/aromatic N) is 2. The zero-order valence-electron chi connectivity index (χ0n) is 17.0. The first-order chi connectivity index (χ1) is 14.8. The molecular weight excluding hydrogens is 372 g/mol. The highest BCUT2D eigenvalue weighted by Gasteiger charge is 2.31. The quantitative estimate of drug-likeness (QED) is 0.432. The number of fused-ring (bicyclic) bond motifs is 1. The zero-order valence-corrected chi connectivity index (χ0v) is 17.0. The summed E-state index contributed by atoms with van der Waals surface area (Å²) in [6.45, 7) is 3.35. The fraction of sp³-hybridized carbons (Fsp3) is 0.154. The van der Waals surface area contributed by atoms with Crippen molar-refractivity contribution in [3.05, 3.63) is 113 Å². The van der Waals surface area contributed by atoms with E-state index in [9.17, 15) is 4.79 Å². The van der Waals surface area contributed by atoms with Crippen LogP contribution in [0.15, 0.2) is 96.0 Å². The van der Waals surface area contributed by atoms with Gasteiger partial charge in [0.05, 0.1) is 18.8 Å². The lowest BCUT2D eigenvalue weighted by atomic mass is 10.1. The lowest BCUT2D eigenvalue weighted by Crippen LogP contribution is -2.24. The smallest absolute Gasteiger partial charge is 0.332 e. The molecule has 0 saturated carbocycles. The molecule has 4 rings (SSSR count). The molecular formula is C26H24N2O2. The second-order valence-corrected chi connectivity index (χ2v) is 7.02. The van der Waals surface area contributed by atoms with Crippen LogP contribution in [0.25, 0.3) is 5.70 Å². The Hall–Kier alpha value is -3.66. The zero-order chi connectivity index (χ0) is 20.8. The number of rotatable bonds is 6. The number of esters is 1. The molecule has 1 heterocycles. The fourth-order valence-electron chi connectivity index (χ4n) is 3.60. The molecule has 0 unspecified atom stereocenters. The van der Waals surface area contributed by atoms with E-state index in [-0.39, 0.29) is 5.97 Å². The molecule has 0 saturated heterocycles. The Morgan fingerprint density at radius 2 is 1.47 bits per heavy atom. The predicted octanol–water partition coefficient (Wildman–Crippen LogP) is 5.05. The van der Waals surface area contributed by atoms with Gasteiger partial charge in [0.25, 0.3) is 0 Å². The molecule has 0 bridgehead atoms. The Bertz CT molecular complexity index is 1070. The summed E-state index contributed by atoms with van der Waals surface area (Å²) < 4.78 is 5.20. The molecule has 4 heteroatoms. The van der Waals surface area contributed by atoms with Gasteiger partial charge in [0.2, 0.25) is 0 Å². The van der Waals surface area contributed by atoms with Crippen LogP contribution in [-0.4, -0.2) is 23.3 Å². The largest absolute Gasteiger partial charge is 0.463 e. The molecule has 0 aliphatic carbocycles. The number of aliphatic imine (C=N–C) groups is 1. The molecule has 150 valence electrons. The Morgan fingerprint density at radius 1 is 0.867 bits per heavy atom. The monoisotopic (exact) mass is 396 g/mol. The van der Waals surface area contributed by atoms with Crippen LogP contribution in [0.1, 0.15) is 29.2 Å². The topological polar surface area (TPSA) is 41.9 Å². The van der Waals surface area contributed by atoms with Gasteiger partial charge in [0.15, 0.2) is 0 Å². The Kier molecular flexibility index (Phi) is 6.04. The van der Waals surface area contributed by atoms with Crippen LogP contribution in [0.4, 0.5) is 0 Å². The number of benzene rings is 3. The average molecular weight is 396 g/mol. The summed E-state index contributed by atoms with van der Waals surface area (Å²) in [7, 11) is 0. The summed E-state index contributed by atoms with van der Waals surface area (Å²) >= 11 is 0. The normalized spacial score (nSPS) is 15.4. The molecule has 3 aromatic rings. The second-order valence-electron chi connectivity index (χ2n) is 7.02. The number of carbonyl (C=O) groups is 1. The van der Waals surface area contributed by atoms with Crippen molar-refractivity contribution in [3.8, 4) is 0 Å². The SMILES string of the molecule is CCOC(=O)/C=C1\c2ccccc2C(=NCc2ccccc2)N1Cc1ccccc1. The highest BCUT2D eigenvalue weighted by atomic mass is 16.5. The van der Waals surface area contributed by atoms with Crippen molar-refractivity contribution in [1.82, 2.24) is 4.90 Å². The molecule has 30 heavy (non-hydrogen) atoms. The van der Waals surface area contributed by atoms with Gasteiger partial charge in [-0.05, 0) is 18.1 Å². The van der Waals surface area contributed by atoms with Crippen molar-refractivity contribution in [2.75, 3.05) is 6.61 Å². The van der Waals surface area contributed by atoms with E-state index in [1.165, 1.54) is 0 Å². The Morgan fingerprint density at radius 3 is 2.13 bits per heavy atom. The van der Waals surface area contributed by atoms with E-state index in [1.54, 1.807) is 6.08 Å². The van der Waals surface area contributed by atoms with Gasteiger partial charge < -0.3 is 9.64 Å². The lowest BCUT2D eigenvalue weighted by Gasteiger charge is -2.21. The number of ether oxygens (including phenoxy) is 1. The number of amidine groups is 1. The van der Waals surface area contributed by atoms with Gasteiger partial charge in [-0.2, -0.15) is 0 Å². The van der Waals surface area contributed by atoms with Crippen molar-refractivity contribution in [2.24, 2.45) is 4.99 Å². The van der Waals surface area contributed by atoms with Crippen LogP contribution in [0.2, 0.25) is 0 Å². The number of hydrogen-bond donors (Lipinski definition) is 0. The average Bonchev–Trinajstić information content (AvgIpc) is 3.06. The lowest BCUT2D eigenvalue weighted by molar-refractivity contribution is -0.137. The summed E-state index contributed by atoms with van der Waals surface area (Å²) in [5.74, 6) is 0.526. The van der Waals surface area contributed by atoms with E-state index < -0.39 is 0 Å². The van der Waals surface area contributed by atoms with Gasteiger partial charge in [0.1, 0.15) is 5.84 Å². The minimum atomic E-state index is -0.343. The first-order valence-electron chi connectivity index (χ1n) is 10.1. The Labute approximate surface area is 177 Å². The summed E-state index contributed by atoms with van der Waals surface area (Å²) in [6, 6.07) is 28.5. The standard InChI is InChI=1S/C26H24N2O2/c1-2-30-25(29)17-24-22-15-9-10-16-23(22)26(27-18-20-11-5-3-6-12-20)28(24)19-21-13-7-4-8-14-21/h3-17H,2,18-19H2,1H3/b24-17+,27-26?. The summed E-state index contributed by atoms with van der Waals surface area (Å²) in [4.78, 5) is 19.4. The minimum absolute atomic E-state index is 0.343. The maximum absolute atomic E-state index is 12.3. The van der Waals surface area contributed by atoms with Gasteiger partial charge in [-0.15, -0.1) is 0 Å². The predicted molar refractivity (Wildman–Crippen MR) is 120 cm³/mol. The summed E-state index contributed by atoms with van der Waals surface area (Å²) in [5.41, 5.74) is 5.13. The molecule has 0 N–H and O–H groups in total. The van der Waals surface area contributed by atoms with Crippen LogP contribution < -0.4 is 0 Å². The molecule has 0 spiro atoms. The summed E-state index contributed by atoms with van der Waals surface area (Å²) in [6.07, 6.45) is 1.58. The number of hydrogen-bond acceptors (Lipinski definition) is 3. The van der Waals surface area contributed by atoms with Crippen LogP contribution in [-0.2, 0) is 22.6 Å². The highest BCUT2D eigenvalue weighted by molar-refractivity contribution is 6.14. The fourth-order valence-corrected chi connectivity index (χ4v) is 3.60. The maximum Gasteiger partial charge on any atom is 0.332 e. The van der Waals surface area contributed by atoms with Crippen molar-refractivity contribution in [3.63, 3.8) is 0 Å². The molecule has 1 aliphatic rings. The molecule has 0 radical (unpaired) electrons. The third kappa shape index (κ3) is 4.33. The molecule has 3 aromatic carbocycles. The van der Waals surface area contributed by atoms with E-state index in [0.29, 0.717) is 19.7 Å². The van der Waals surface area contributed by atoms with Crippen LogP contribution in [0, 0.1) is 0 Å². The van der Waals surface area contributed by atoms with Gasteiger partial charge in [0, 0.05) is 23.7 Å². The molecule has 1 aliphatic heterocycles. The van der Waals surface area contributed by atoms with Gasteiger partial charge in [-0.25, -0.2) is 4.79 Å². The van der Waals surface area contributed by atoms with Crippen molar-refractivity contribution < 1.29 is 9.53 Å². The molecule has 0 atom stereocenters. The Balaban J connectivity index is 1.77. The van der Waals surface area contributed by atoms with Crippen LogP contribution >= 0.6 is 0 Å². The van der Waals surface area contributed by atoms with Gasteiger partial charge in [-0.1, -0.05) is 84.9 Å². The van der Waals surface area contributed by atoms with E-state index in [1.807, 2.05) is 61.5 Å². The van der Waals surface area contributed by atoms with Crippen LogP contribution in [0.5, 0.6) is 0 Å². The van der Waals surface area contributed by atoms with Gasteiger partial charge >= 0.3 is 5.97 Å². The van der Waals surface area contributed by atoms with Crippen molar-refractivity contribution >= 4 is 17.5 Å². The first-order valence-corrected chi connectivity index (χ1v) is 10.1. The first kappa shape index (κ1) is 19.6. The molecule has 0 aromatic heterocycles. The van der Waals surface area contributed by atoms with Crippen LogP contribution in [0.3, 0.4) is 0 Å². The third-order valence-electron chi connectivity index (χ3n) is 4.97. The maximum atomic E-state index is 12.3. The van der Waals surface area contributed by atoms with E-state index in [0.717, 1.165) is 33.8 Å². The van der Waals surface area contributed by atoms with E-state index in [4.69, 9.17) is 9.73 Å². The third-order valence-corrected chi connectivity index (χ3v) is 4.97. The number of carbonyl (C=O) groups excluding carboxylic acids is 1. The molecule has 0 amide bonds. The second kappa shape index (κ2) is 9.23. The van der Waals surface area contributed by atoms with E-state index >= 15 is 0 Å². The molecule has 0 fully saturated rings. The van der Waals surface area contributed by atoms with E-state index in [2.05, 4.69) is 35.2 Å². The van der Waals surface area contributed by atoms with Crippen molar-refractivity contribution in [1.29, 1.82) is 0 Å². The minimum Gasteiger partial charge on any atom is -0.463 e. The molecule has 4 nitrogen and oxygen atoms in total. The highest BCUT2D eigenvalue weighted by Crippen LogP contribution is 2.35. The summed E-state index contributed by atoms with van der Waals surface area (Å²) in [5, 5.41) is 0.